The molecule has 0 radical (unpaired) electrons. The molecule has 2 aliphatic rings. The van der Waals surface area contributed by atoms with Crippen LogP contribution in [0.5, 0.6) is 0 Å². The molecule has 1 N–H and O–H groups in total. The molecule has 27 heavy (non-hydrogen) atoms. The van der Waals surface area contributed by atoms with E-state index in [4.69, 9.17) is 0 Å². The van der Waals surface area contributed by atoms with Crippen LogP contribution in [0.4, 0.5) is 11.4 Å². The first kappa shape index (κ1) is 17.5. The van der Waals surface area contributed by atoms with Crippen molar-refractivity contribution in [2.75, 3.05) is 42.5 Å². The summed E-state index contributed by atoms with van der Waals surface area (Å²) < 4.78 is 0. The van der Waals surface area contributed by atoms with Crippen molar-refractivity contribution < 1.29 is 14.6 Å². The zero-order valence-corrected chi connectivity index (χ0v) is 15.6. The molecule has 0 saturated carbocycles. The lowest BCUT2D eigenvalue weighted by molar-refractivity contribution is -0.377. The third-order valence-corrected chi connectivity index (χ3v) is 5.48. The summed E-state index contributed by atoms with van der Waals surface area (Å²) in [6.07, 6.45) is 4.13. The van der Waals surface area contributed by atoms with E-state index in [1.54, 1.807) is 4.90 Å². The molecule has 0 aliphatic carbocycles. The van der Waals surface area contributed by atoms with Gasteiger partial charge in [0, 0.05) is 62.7 Å². The van der Waals surface area contributed by atoms with Gasteiger partial charge in [-0.15, -0.1) is 0 Å². The summed E-state index contributed by atoms with van der Waals surface area (Å²) in [4.78, 5) is 34.4. The summed E-state index contributed by atoms with van der Waals surface area (Å²) in [6, 6.07) is 12.0. The molecule has 2 aliphatic heterocycles. The Morgan fingerprint density at radius 2 is 1.63 bits per heavy atom. The number of aromatic nitrogens is 1. The third kappa shape index (κ3) is 3.65. The van der Waals surface area contributed by atoms with Crippen LogP contribution in [0.1, 0.15) is 12.0 Å². The summed E-state index contributed by atoms with van der Waals surface area (Å²) in [7, 11) is 0. The zero-order valence-electron chi connectivity index (χ0n) is 15.6. The van der Waals surface area contributed by atoms with Crippen molar-refractivity contribution in [3.63, 3.8) is 0 Å². The Morgan fingerprint density at radius 1 is 0.963 bits per heavy atom. The number of rotatable bonds is 3. The maximum absolute atomic E-state index is 12.9. The van der Waals surface area contributed by atoms with Crippen LogP contribution in [0.15, 0.2) is 48.8 Å². The highest BCUT2D eigenvalue weighted by Gasteiger charge is 2.37. The number of aryl methyl sites for hydroxylation is 1. The Balaban J connectivity index is 1.36. The SMILES string of the molecule is Cc1ccc(N2C[C@@H](C(=O)N3CCN(c4cc[nH+]cc4)CC3)CC2=O)cc1. The Hall–Kier alpha value is -2.89. The number of hydrogen-bond acceptors (Lipinski definition) is 3. The molecule has 1 atom stereocenters. The van der Waals surface area contributed by atoms with Crippen molar-refractivity contribution in [2.24, 2.45) is 5.92 Å². The molecule has 140 valence electrons. The lowest BCUT2D eigenvalue weighted by atomic mass is 10.1. The van der Waals surface area contributed by atoms with E-state index in [0.29, 0.717) is 26.1 Å². The number of carbonyl (C=O) groups excluding carboxylic acids is 2. The molecular formula is C21H25N4O2+. The molecule has 4 rings (SSSR count). The quantitative estimate of drug-likeness (QED) is 0.829. The summed E-state index contributed by atoms with van der Waals surface area (Å²) in [5.41, 5.74) is 3.21. The summed E-state index contributed by atoms with van der Waals surface area (Å²) in [5.74, 6) is -0.0907. The number of nitrogens with zero attached hydrogens (tertiary/aromatic N) is 3. The summed E-state index contributed by atoms with van der Waals surface area (Å²) in [5, 5.41) is 0. The molecule has 0 spiro atoms. The van der Waals surface area contributed by atoms with Gasteiger partial charge < -0.3 is 14.7 Å². The maximum atomic E-state index is 12.9. The van der Waals surface area contributed by atoms with Gasteiger partial charge in [0.1, 0.15) is 0 Å². The van der Waals surface area contributed by atoms with Gasteiger partial charge in [-0.2, -0.15) is 0 Å². The van der Waals surface area contributed by atoms with E-state index in [-0.39, 0.29) is 17.7 Å². The van der Waals surface area contributed by atoms with Crippen LogP contribution in [0.2, 0.25) is 0 Å². The van der Waals surface area contributed by atoms with Crippen molar-refractivity contribution in [3.8, 4) is 0 Å². The number of H-pyrrole nitrogens is 1. The first-order chi connectivity index (χ1) is 13.1. The van der Waals surface area contributed by atoms with Crippen molar-refractivity contribution in [1.82, 2.24) is 4.90 Å². The average Bonchev–Trinajstić information content (AvgIpc) is 3.10. The molecule has 2 amide bonds. The number of carbonyl (C=O) groups is 2. The summed E-state index contributed by atoms with van der Waals surface area (Å²) >= 11 is 0. The minimum Gasteiger partial charge on any atom is -0.368 e. The Bertz CT molecular complexity index is 814. The third-order valence-electron chi connectivity index (χ3n) is 5.48. The molecule has 1 aromatic heterocycles. The van der Waals surface area contributed by atoms with Crippen molar-refractivity contribution in [2.45, 2.75) is 13.3 Å². The fraction of sp³-hybridized carbons (Fsp3) is 0.381. The highest BCUT2D eigenvalue weighted by atomic mass is 16.2. The molecule has 1 aromatic carbocycles. The fourth-order valence-electron chi connectivity index (χ4n) is 3.88. The van der Waals surface area contributed by atoms with Crippen LogP contribution < -0.4 is 14.8 Å². The van der Waals surface area contributed by atoms with Gasteiger partial charge in [-0.1, -0.05) is 17.7 Å². The summed E-state index contributed by atoms with van der Waals surface area (Å²) in [6.45, 7) is 5.54. The van der Waals surface area contributed by atoms with E-state index in [1.807, 2.05) is 60.6 Å². The molecule has 6 heteroatoms. The molecule has 2 saturated heterocycles. The van der Waals surface area contributed by atoms with Crippen molar-refractivity contribution >= 4 is 23.2 Å². The number of hydrogen-bond donors (Lipinski definition) is 0. The normalized spacial score (nSPS) is 20.3. The second-order valence-electron chi connectivity index (χ2n) is 7.31. The lowest BCUT2D eigenvalue weighted by Gasteiger charge is -2.36. The molecule has 3 heterocycles. The standard InChI is InChI=1S/C21H24N4O2/c1-16-2-4-19(5-3-16)25-15-17(14-20(25)26)21(27)24-12-10-23(11-13-24)18-6-8-22-9-7-18/h2-9,17H,10-15H2,1H3/p+1/t17-/m0/s1. The van der Waals surface area contributed by atoms with E-state index in [0.717, 1.165) is 24.3 Å². The Kier molecular flexibility index (Phi) is 4.79. The predicted molar refractivity (Wildman–Crippen MR) is 103 cm³/mol. The van der Waals surface area contributed by atoms with Crippen LogP contribution in [-0.4, -0.2) is 49.4 Å². The Morgan fingerprint density at radius 3 is 2.30 bits per heavy atom. The predicted octanol–water partition coefficient (Wildman–Crippen LogP) is 1.51. The van der Waals surface area contributed by atoms with E-state index in [1.165, 1.54) is 5.69 Å². The van der Waals surface area contributed by atoms with E-state index < -0.39 is 0 Å². The smallest absolute Gasteiger partial charge is 0.228 e. The first-order valence-electron chi connectivity index (χ1n) is 9.49. The van der Waals surface area contributed by atoms with E-state index in [2.05, 4.69) is 9.88 Å². The van der Waals surface area contributed by atoms with Gasteiger partial charge in [-0.05, 0) is 19.1 Å². The van der Waals surface area contributed by atoms with Crippen LogP contribution in [0.3, 0.4) is 0 Å². The highest BCUT2D eigenvalue weighted by molar-refractivity contribution is 6.00. The number of aromatic amines is 1. The van der Waals surface area contributed by atoms with Gasteiger partial charge in [0.05, 0.1) is 5.92 Å². The number of pyridine rings is 1. The molecular weight excluding hydrogens is 340 g/mol. The molecule has 0 unspecified atom stereocenters. The van der Waals surface area contributed by atoms with Gasteiger partial charge in [-0.3, -0.25) is 9.59 Å². The number of amides is 2. The van der Waals surface area contributed by atoms with E-state index >= 15 is 0 Å². The van der Waals surface area contributed by atoms with Crippen LogP contribution in [0.25, 0.3) is 0 Å². The molecule has 6 nitrogen and oxygen atoms in total. The average molecular weight is 365 g/mol. The minimum absolute atomic E-state index is 0.0383. The fourth-order valence-corrected chi connectivity index (χ4v) is 3.88. The minimum atomic E-state index is -0.239. The first-order valence-corrected chi connectivity index (χ1v) is 9.49. The van der Waals surface area contributed by atoms with E-state index in [9.17, 15) is 9.59 Å². The zero-order chi connectivity index (χ0) is 18.8. The topological polar surface area (TPSA) is 58.0 Å². The maximum Gasteiger partial charge on any atom is 0.228 e. The van der Waals surface area contributed by atoms with Gasteiger partial charge in [0.25, 0.3) is 0 Å². The van der Waals surface area contributed by atoms with Crippen molar-refractivity contribution in [3.05, 3.63) is 54.4 Å². The van der Waals surface area contributed by atoms with Gasteiger partial charge in [-0.25, -0.2) is 4.98 Å². The number of nitrogens with one attached hydrogen (secondary N) is 1. The second-order valence-corrected chi connectivity index (χ2v) is 7.31. The van der Waals surface area contributed by atoms with Gasteiger partial charge in [0.2, 0.25) is 11.8 Å². The van der Waals surface area contributed by atoms with Crippen LogP contribution in [-0.2, 0) is 9.59 Å². The lowest BCUT2D eigenvalue weighted by Crippen LogP contribution is -2.50. The number of anilines is 2. The largest absolute Gasteiger partial charge is 0.368 e. The van der Waals surface area contributed by atoms with Crippen LogP contribution >= 0.6 is 0 Å². The van der Waals surface area contributed by atoms with Gasteiger partial charge in [0.15, 0.2) is 12.4 Å². The highest BCUT2D eigenvalue weighted by Crippen LogP contribution is 2.27. The number of benzene rings is 1. The van der Waals surface area contributed by atoms with Crippen LogP contribution in [0, 0.1) is 12.8 Å². The molecule has 2 aromatic rings. The van der Waals surface area contributed by atoms with Crippen molar-refractivity contribution in [1.29, 1.82) is 0 Å². The second kappa shape index (κ2) is 7.39. The number of piperazine rings is 1. The van der Waals surface area contributed by atoms with Gasteiger partial charge >= 0.3 is 0 Å². The monoisotopic (exact) mass is 365 g/mol. The molecule has 2 fully saturated rings. The Labute approximate surface area is 159 Å². The molecule has 0 bridgehead atoms.